The average molecular weight is 177 g/mol. The van der Waals surface area contributed by atoms with Crippen molar-refractivity contribution in [2.45, 2.75) is 18.3 Å². The molecule has 60 valence electrons. The summed E-state index contributed by atoms with van der Waals surface area (Å²) in [5.41, 5.74) is 2.95. The molecule has 12 heavy (non-hydrogen) atoms. The van der Waals surface area contributed by atoms with Gasteiger partial charge in [-0.3, -0.25) is 0 Å². The van der Waals surface area contributed by atoms with E-state index in [2.05, 4.69) is 30.3 Å². The van der Waals surface area contributed by atoms with Crippen molar-refractivity contribution in [3.63, 3.8) is 0 Å². The third-order valence-electron chi connectivity index (χ3n) is 2.95. The third-order valence-corrected chi connectivity index (χ3v) is 3.34. The van der Waals surface area contributed by atoms with Gasteiger partial charge in [0.15, 0.2) is 0 Å². The highest BCUT2D eigenvalue weighted by Gasteiger charge is 2.36. The van der Waals surface area contributed by atoms with Crippen molar-refractivity contribution in [2.75, 3.05) is 0 Å². The van der Waals surface area contributed by atoms with Gasteiger partial charge in [-0.1, -0.05) is 41.9 Å². The number of hydrogen-bond acceptors (Lipinski definition) is 0. The van der Waals surface area contributed by atoms with Crippen molar-refractivity contribution in [2.24, 2.45) is 0 Å². The summed E-state index contributed by atoms with van der Waals surface area (Å²) in [5, 5.41) is 1.05. The summed E-state index contributed by atoms with van der Waals surface area (Å²) in [6, 6.07) is 8.64. The first-order valence-corrected chi connectivity index (χ1v) is 4.70. The first kappa shape index (κ1) is 6.73. The fourth-order valence-corrected chi connectivity index (χ4v) is 2.76. The highest BCUT2D eigenvalue weighted by Crippen LogP contribution is 2.53. The second-order valence-corrected chi connectivity index (χ2v) is 4.01. The van der Waals surface area contributed by atoms with Gasteiger partial charge in [0, 0.05) is 16.9 Å². The van der Waals surface area contributed by atoms with Crippen LogP contribution in [0.25, 0.3) is 0 Å². The monoisotopic (exact) mass is 176 g/mol. The normalized spacial score (nSPS) is 30.2. The van der Waals surface area contributed by atoms with E-state index in [1.807, 2.05) is 0 Å². The van der Waals surface area contributed by atoms with Crippen LogP contribution in [0.2, 0.25) is 0 Å². The molecule has 1 aromatic rings. The van der Waals surface area contributed by atoms with E-state index in [1.165, 1.54) is 17.5 Å². The quantitative estimate of drug-likeness (QED) is 0.569. The van der Waals surface area contributed by atoms with E-state index in [4.69, 9.17) is 11.6 Å². The molecule has 2 aliphatic rings. The van der Waals surface area contributed by atoms with E-state index in [9.17, 15) is 0 Å². The molecule has 0 N–H and O–H groups in total. The number of allylic oxidation sites excluding steroid dienone is 2. The SMILES string of the molecule is ClC1=CC2CC1c1ccccc12. The van der Waals surface area contributed by atoms with Gasteiger partial charge in [-0.2, -0.15) is 0 Å². The van der Waals surface area contributed by atoms with Gasteiger partial charge in [0.05, 0.1) is 0 Å². The molecule has 0 spiro atoms. The zero-order valence-electron chi connectivity index (χ0n) is 6.63. The summed E-state index contributed by atoms with van der Waals surface area (Å²) in [6.45, 7) is 0. The fourth-order valence-electron chi connectivity index (χ4n) is 2.40. The van der Waals surface area contributed by atoms with Crippen molar-refractivity contribution in [3.8, 4) is 0 Å². The van der Waals surface area contributed by atoms with E-state index in [0.29, 0.717) is 11.8 Å². The van der Waals surface area contributed by atoms with E-state index < -0.39 is 0 Å². The zero-order valence-corrected chi connectivity index (χ0v) is 7.38. The molecule has 0 saturated heterocycles. The predicted octanol–water partition coefficient (Wildman–Crippen LogP) is 3.39. The molecule has 3 rings (SSSR count). The van der Waals surface area contributed by atoms with Crippen LogP contribution in [0.3, 0.4) is 0 Å². The van der Waals surface area contributed by atoms with E-state index in [-0.39, 0.29) is 0 Å². The van der Waals surface area contributed by atoms with Gasteiger partial charge in [-0.15, -0.1) is 0 Å². The van der Waals surface area contributed by atoms with Crippen LogP contribution in [0, 0.1) is 0 Å². The minimum absolute atomic E-state index is 0.521. The maximum absolute atomic E-state index is 6.10. The molecule has 0 amide bonds. The Kier molecular flexibility index (Phi) is 1.20. The van der Waals surface area contributed by atoms with Crippen molar-refractivity contribution >= 4 is 11.6 Å². The molecule has 0 aliphatic heterocycles. The Hall–Kier alpha value is -0.750. The van der Waals surface area contributed by atoms with Crippen molar-refractivity contribution in [1.29, 1.82) is 0 Å². The summed E-state index contributed by atoms with van der Waals surface area (Å²) >= 11 is 6.10. The van der Waals surface area contributed by atoms with Crippen LogP contribution in [-0.2, 0) is 0 Å². The second kappa shape index (κ2) is 2.14. The Morgan fingerprint density at radius 2 is 1.92 bits per heavy atom. The summed E-state index contributed by atoms with van der Waals surface area (Å²) in [7, 11) is 0. The molecule has 0 aromatic heterocycles. The molecule has 2 atom stereocenters. The average Bonchev–Trinajstić information content (AvgIpc) is 2.62. The lowest BCUT2D eigenvalue weighted by atomic mass is 9.97. The molecule has 0 nitrogen and oxygen atoms in total. The summed E-state index contributed by atoms with van der Waals surface area (Å²) in [5.74, 6) is 1.13. The molecule has 0 heterocycles. The first-order valence-electron chi connectivity index (χ1n) is 4.32. The Labute approximate surface area is 76.9 Å². The van der Waals surface area contributed by atoms with Crippen LogP contribution in [0.5, 0.6) is 0 Å². The number of halogens is 1. The largest absolute Gasteiger partial charge is 0.0888 e. The maximum Gasteiger partial charge on any atom is 0.0222 e. The summed E-state index contributed by atoms with van der Waals surface area (Å²) in [6.07, 6.45) is 3.41. The van der Waals surface area contributed by atoms with Crippen LogP contribution in [0.1, 0.15) is 29.4 Å². The van der Waals surface area contributed by atoms with Gasteiger partial charge in [0.2, 0.25) is 0 Å². The van der Waals surface area contributed by atoms with Crippen molar-refractivity contribution < 1.29 is 0 Å². The summed E-state index contributed by atoms with van der Waals surface area (Å²) in [4.78, 5) is 0. The van der Waals surface area contributed by atoms with E-state index >= 15 is 0 Å². The number of benzene rings is 1. The molecule has 2 aliphatic carbocycles. The van der Waals surface area contributed by atoms with E-state index in [0.717, 1.165) is 5.03 Å². The number of fused-ring (bicyclic) bond motifs is 5. The van der Waals surface area contributed by atoms with Crippen LogP contribution in [0.4, 0.5) is 0 Å². The minimum Gasteiger partial charge on any atom is -0.0888 e. The third kappa shape index (κ3) is 0.688. The molecule has 2 bridgehead atoms. The lowest BCUT2D eigenvalue weighted by Crippen LogP contribution is -1.94. The molecular weight excluding hydrogens is 168 g/mol. The Balaban J connectivity index is 2.23. The minimum atomic E-state index is 0.521. The van der Waals surface area contributed by atoms with Crippen LogP contribution >= 0.6 is 11.6 Å². The topological polar surface area (TPSA) is 0 Å². The maximum atomic E-state index is 6.10. The fraction of sp³-hybridized carbons (Fsp3) is 0.273. The van der Waals surface area contributed by atoms with Gasteiger partial charge in [-0.05, 0) is 17.5 Å². The molecule has 0 radical (unpaired) electrons. The van der Waals surface area contributed by atoms with Gasteiger partial charge >= 0.3 is 0 Å². The smallest absolute Gasteiger partial charge is 0.0222 e. The van der Waals surface area contributed by atoms with Gasteiger partial charge in [-0.25, -0.2) is 0 Å². The standard InChI is InChI=1S/C11H9Cl/c12-11-6-7-5-10(11)9-4-2-1-3-8(7)9/h1-4,6-7,10H,5H2. The molecule has 1 heteroatoms. The molecular formula is C11H9Cl. The molecule has 1 aromatic carbocycles. The van der Waals surface area contributed by atoms with Crippen LogP contribution in [-0.4, -0.2) is 0 Å². The second-order valence-electron chi connectivity index (χ2n) is 3.58. The predicted molar refractivity (Wildman–Crippen MR) is 50.5 cm³/mol. The lowest BCUT2D eigenvalue weighted by Gasteiger charge is -2.11. The van der Waals surface area contributed by atoms with Crippen molar-refractivity contribution in [1.82, 2.24) is 0 Å². The number of hydrogen-bond donors (Lipinski definition) is 0. The van der Waals surface area contributed by atoms with Gasteiger partial charge in [0.1, 0.15) is 0 Å². The molecule has 0 saturated carbocycles. The Bertz CT molecular complexity index is 365. The molecule has 0 fully saturated rings. The van der Waals surface area contributed by atoms with Crippen LogP contribution < -0.4 is 0 Å². The lowest BCUT2D eigenvalue weighted by molar-refractivity contribution is 0.799. The Morgan fingerprint density at radius 3 is 2.75 bits per heavy atom. The first-order chi connectivity index (χ1) is 5.86. The zero-order chi connectivity index (χ0) is 8.13. The Morgan fingerprint density at radius 1 is 1.17 bits per heavy atom. The summed E-state index contributed by atoms with van der Waals surface area (Å²) < 4.78 is 0. The van der Waals surface area contributed by atoms with E-state index in [1.54, 1.807) is 0 Å². The highest BCUT2D eigenvalue weighted by molar-refractivity contribution is 6.30. The van der Waals surface area contributed by atoms with Crippen LogP contribution in [0.15, 0.2) is 35.4 Å². The number of rotatable bonds is 0. The van der Waals surface area contributed by atoms with Crippen molar-refractivity contribution in [3.05, 3.63) is 46.5 Å². The van der Waals surface area contributed by atoms with Gasteiger partial charge in [0.25, 0.3) is 0 Å². The van der Waals surface area contributed by atoms with Gasteiger partial charge < -0.3 is 0 Å². The molecule has 2 unspecified atom stereocenters. The highest BCUT2D eigenvalue weighted by atomic mass is 35.5.